The number of rotatable bonds is 4. The van der Waals surface area contributed by atoms with Crippen LogP contribution in [0.15, 0.2) is 12.4 Å². The molecule has 1 aromatic heterocycles. The van der Waals surface area contributed by atoms with Crippen molar-refractivity contribution >= 4 is 0 Å². The molecule has 2 rings (SSSR count). The predicted octanol–water partition coefficient (Wildman–Crippen LogP) is 2.64. The van der Waals surface area contributed by atoms with Crippen LogP contribution in [0.25, 0.3) is 0 Å². The van der Waals surface area contributed by atoms with E-state index >= 15 is 0 Å². The molecular formula is C12H21N3. The van der Waals surface area contributed by atoms with Gasteiger partial charge in [-0.3, -0.25) is 5.10 Å². The molecule has 1 aliphatic carbocycles. The van der Waals surface area contributed by atoms with Crippen LogP contribution in [0.1, 0.15) is 50.6 Å². The molecule has 0 aromatic carbocycles. The fourth-order valence-corrected chi connectivity index (χ4v) is 2.35. The highest BCUT2D eigenvalue weighted by Crippen LogP contribution is 2.23. The van der Waals surface area contributed by atoms with Gasteiger partial charge in [-0.05, 0) is 32.2 Å². The Morgan fingerprint density at radius 2 is 2.27 bits per heavy atom. The molecule has 1 unspecified atom stereocenters. The standard InChI is InChI=1S/C12H21N3/c1-10(12-8-14-15-9-12)13-7-11-5-3-2-4-6-11/h8-11,13H,2-7H2,1H3,(H,14,15). The van der Waals surface area contributed by atoms with Gasteiger partial charge in [-0.25, -0.2) is 0 Å². The zero-order valence-electron chi connectivity index (χ0n) is 9.50. The Bertz CT molecular complexity index is 262. The van der Waals surface area contributed by atoms with Crippen molar-refractivity contribution in [1.29, 1.82) is 0 Å². The lowest BCUT2D eigenvalue weighted by molar-refractivity contribution is 0.331. The maximum absolute atomic E-state index is 3.97. The molecule has 84 valence electrons. The zero-order valence-corrected chi connectivity index (χ0v) is 9.50. The maximum atomic E-state index is 3.97. The molecule has 0 spiro atoms. The van der Waals surface area contributed by atoms with E-state index in [-0.39, 0.29) is 0 Å². The first-order chi connectivity index (χ1) is 7.36. The van der Waals surface area contributed by atoms with E-state index in [1.165, 1.54) is 37.7 Å². The largest absolute Gasteiger partial charge is 0.310 e. The van der Waals surface area contributed by atoms with Crippen LogP contribution < -0.4 is 5.32 Å². The Morgan fingerprint density at radius 3 is 2.93 bits per heavy atom. The van der Waals surface area contributed by atoms with E-state index < -0.39 is 0 Å². The summed E-state index contributed by atoms with van der Waals surface area (Å²) in [7, 11) is 0. The SMILES string of the molecule is CC(NCC1CCCCC1)c1cn[nH]c1. The smallest absolute Gasteiger partial charge is 0.0534 e. The summed E-state index contributed by atoms with van der Waals surface area (Å²) in [4.78, 5) is 0. The molecule has 0 radical (unpaired) electrons. The van der Waals surface area contributed by atoms with Crippen molar-refractivity contribution in [1.82, 2.24) is 15.5 Å². The minimum Gasteiger partial charge on any atom is -0.310 e. The summed E-state index contributed by atoms with van der Waals surface area (Å²) in [5.74, 6) is 0.896. The Morgan fingerprint density at radius 1 is 1.47 bits per heavy atom. The quantitative estimate of drug-likeness (QED) is 0.797. The topological polar surface area (TPSA) is 40.7 Å². The molecule has 1 atom stereocenters. The second-order valence-corrected chi connectivity index (χ2v) is 4.67. The van der Waals surface area contributed by atoms with Crippen LogP contribution >= 0.6 is 0 Å². The third-order valence-corrected chi connectivity index (χ3v) is 3.46. The number of nitrogens with one attached hydrogen (secondary N) is 2. The van der Waals surface area contributed by atoms with E-state index in [1.54, 1.807) is 0 Å². The minimum atomic E-state index is 0.422. The van der Waals surface area contributed by atoms with Crippen molar-refractivity contribution in [2.45, 2.75) is 45.1 Å². The minimum absolute atomic E-state index is 0.422. The van der Waals surface area contributed by atoms with Crippen LogP contribution in [0.2, 0.25) is 0 Å². The van der Waals surface area contributed by atoms with Crippen LogP contribution in [-0.4, -0.2) is 16.7 Å². The molecule has 2 N–H and O–H groups in total. The first-order valence-corrected chi connectivity index (χ1v) is 6.08. The fourth-order valence-electron chi connectivity index (χ4n) is 2.35. The Kier molecular flexibility index (Phi) is 3.78. The molecule has 0 saturated heterocycles. The van der Waals surface area contributed by atoms with Gasteiger partial charge in [0.05, 0.1) is 6.20 Å². The highest BCUT2D eigenvalue weighted by molar-refractivity contribution is 5.07. The summed E-state index contributed by atoms with van der Waals surface area (Å²) in [5.41, 5.74) is 1.26. The van der Waals surface area contributed by atoms with Gasteiger partial charge >= 0.3 is 0 Å². The molecule has 0 aliphatic heterocycles. The number of aromatic nitrogens is 2. The third-order valence-electron chi connectivity index (χ3n) is 3.46. The number of aromatic amines is 1. The number of hydrogen-bond acceptors (Lipinski definition) is 2. The number of hydrogen-bond donors (Lipinski definition) is 2. The summed E-state index contributed by atoms with van der Waals surface area (Å²) < 4.78 is 0. The zero-order chi connectivity index (χ0) is 10.5. The average molecular weight is 207 g/mol. The van der Waals surface area contributed by atoms with Crippen molar-refractivity contribution in [2.24, 2.45) is 5.92 Å². The highest BCUT2D eigenvalue weighted by atomic mass is 15.1. The van der Waals surface area contributed by atoms with Gasteiger partial charge in [0.25, 0.3) is 0 Å². The number of H-pyrrole nitrogens is 1. The molecule has 1 saturated carbocycles. The first kappa shape index (κ1) is 10.7. The lowest BCUT2D eigenvalue weighted by atomic mass is 9.89. The molecule has 1 aromatic rings. The molecule has 0 bridgehead atoms. The van der Waals surface area contributed by atoms with E-state index in [0.29, 0.717) is 6.04 Å². The molecule has 1 aliphatic rings. The van der Waals surface area contributed by atoms with Gasteiger partial charge in [0.15, 0.2) is 0 Å². The third kappa shape index (κ3) is 3.06. The maximum Gasteiger partial charge on any atom is 0.0534 e. The Balaban J connectivity index is 1.73. The summed E-state index contributed by atoms with van der Waals surface area (Å²) in [5, 5.41) is 10.4. The molecule has 1 heterocycles. The fraction of sp³-hybridized carbons (Fsp3) is 0.750. The van der Waals surface area contributed by atoms with E-state index in [1.807, 2.05) is 12.4 Å². The van der Waals surface area contributed by atoms with E-state index in [2.05, 4.69) is 22.4 Å². The second-order valence-electron chi connectivity index (χ2n) is 4.67. The van der Waals surface area contributed by atoms with Gasteiger partial charge in [-0.2, -0.15) is 5.10 Å². The highest BCUT2D eigenvalue weighted by Gasteiger charge is 2.14. The van der Waals surface area contributed by atoms with Crippen molar-refractivity contribution in [3.05, 3.63) is 18.0 Å². The van der Waals surface area contributed by atoms with Gasteiger partial charge in [-0.15, -0.1) is 0 Å². The summed E-state index contributed by atoms with van der Waals surface area (Å²) in [6.07, 6.45) is 11.0. The van der Waals surface area contributed by atoms with Gasteiger partial charge in [0.1, 0.15) is 0 Å². The Hall–Kier alpha value is -0.830. The van der Waals surface area contributed by atoms with Gasteiger partial charge in [0.2, 0.25) is 0 Å². The molecule has 15 heavy (non-hydrogen) atoms. The van der Waals surface area contributed by atoms with Crippen molar-refractivity contribution in [2.75, 3.05) is 6.54 Å². The average Bonchev–Trinajstić information content (AvgIpc) is 2.81. The molecular weight excluding hydrogens is 186 g/mol. The van der Waals surface area contributed by atoms with E-state index in [4.69, 9.17) is 0 Å². The van der Waals surface area contributed by atoms with Gasteiger partial charge < -0.3 is 5.32 Å². The van der Waals surface area contributed by atoms with Crippen LogP contribution in [-0.2, 0) is 0 Å². The van der Waals surface area contributed by atoms with E-state index in [0.717, 1.165) is 12.5 Å². The lowest BCUT2D eigenvalue weighted by Gasteiger charge is -2.23. The van der Waals surface area contributed by atoms with Crippen LogP contribution in [0.4, 0.5) is 0 Å². The molecule has 3 heteroatoms. The van der Waals surface area contributed by atoms with Crippen molar-refractivity contribution in [3.63, 3.8) is 0 Å². The summed E-state index contributed by atoms with van der Waals surface area (Å²) in [6, 6.07) is 0.422. The lowest BCUT2D eigenvalue weighted by Crippen LogP contribution is -2.26. The van der Waals surface area contributed by atoms with Crippen LogP contribution in [0, 0.1) is 5.92 Å². The van der Waals surface area contributed by atoms with Gasteiger partial charge in [0, 0.05) is 17.8 Å². The van der Waals surface area contributed by atoms with E-state index in [9.17, 15) is 0 Å². The predicted molar refractivity (Wildman–Crippen MR) is 61.6 cm³/mol. The molecule has 3 nitrogen and oxygen atoms in total. The summed E-state index contributed by atoms with van der Waals surface area (Å²) in [6.45, 7) is 3.36. The van der Waals surface area contributed by atoms with Crippen LogP contribution in [0.3, 0.4) is 0 Å². The first-order valence-electron chi connectivity index (χ1n) is 6.08. The summed E-state index contributed by atoms with van der Waals surface area (Å²) >= 11 is 0. The second kappa shape index (κ2) is 5.31. The molecule has 0 amide bonds. The Labute approximate surface area is 91.7 Å². The van der Waals surface area contributed by atoms with Crippen molar-refractivity contribution in [3.8, 4) is 0 Å². The van der Waals surface area contributed by atoms with Crippen molar-refractivity contribution < 1.29 is 0 Å². The normalized spacial score (nSPS) is 20.3. The van der Waals surface area contributed by atoms with Crippen LogP contribution in [0.5, 0.6) is 0 Å². The van der Waals surface area contributed by atoms with Gasteiger partial charge in [-0.1, -0.05) is 19.3 Å². The molecule has 1 fully saturated rings. The number of nitrogens with zero attached hydrogens (tertiary/aromatic N) is 1. The monoisotopic (exact) mass is 207 g/mol.